The van der Waals surface area contributed by atoms with Crippen molar-refractivity contribution >= 4 is 17.2 Å². The first-order chi connectivity index (χ1) is 13.6. The van der Waals surface area contributed by atoms with Crippen LogP contribution >= 0.6 is 11.3 Å². The molecule has 146 valence electrons. The Hall–Kier alpha value is -2.51. The van der Waals surface area contributed by atoms with Crippen LogP contribution in [0.15, 0.2) is 42.3 Å². The van der Waals surface area contributed by atoms with Gasteiger partial charge in [-0.25, -0.2) is 0 Å². The van der Waals surface area contributed by atoms with Gasteiger partial charge in [0.05, 0.1) is 22.7 Å². The second-order valence-corrected chi connectivity index (χ2v) is 8.14. The Morgan fingerprint density at radius 1 is 1.14 bits per heavy atom. The predicted molar refractivity (Wildman–Crippen MR) is 110 cm³/mol. The maximum Gasteiger partial charge on any atom is 0.251 e. The zero-order valence-corrected chi connectivity index (χ0v) is 16.9. The van der Waals surface area contributed by atoms with Crippen molar-refractivity contribution in [1.82, 2.24) is 20.1 Å². The molecule has 4 rings (SSSR count). The molecule has 1 fully saturated rings. The highest BCUT2D eigenvalue weighted by atomic mass is 32.1. The molecule has 0 aliphatic heterocycles. The topological polar surface area (TPSA) is 69.0 Å². The molecule has 0 unspecified atom stereocenters. The van der Waals surface area contributed by atoms with Crippen LogP contribution in [-0.4, -0.2) is 39.9 Å². The van der Waals surface area contributed by atoms with Crippen LogP contribution in [-0.2, 0) is 11.8 Å². The Labute approximate surface area is 168 Å². The molecule has 2 aromatic heterocycles. The molecular formula is C21H24N4O2S. The minimum atomic E-state index is -0.0302. The molecule has 1 aromatic carbocycles. The lowest BCUT2D eigenvalue weighted by molar-refractivity contribution is 0.0599. The van der Waals surface area contributed by atoms with Crippen molar-refractivity contribution in [2.24, 2.45) is 7.05 Å². The summed E-state index contributed by atoms with van der Waals surface area (Å²) in [6.45, 7) is 0. The molecule has 0 atom stereocenters. The highest BCUT2D eigenvalue weighted by molar-refractivity contribution is 7.13. The minimum absolute atomic E-state index is 0.0302. The Balaban J connectivity index is 1.60. The van der Waals surface area contributed by atoms with Crippen LogP contribution in [0.1, 0.15) is 36.0 Å². The molecule has 0 saturated heterocycles. The van der Waals surface area contributed by atoms with Crippen molar-refractivity contribution in [3.8, 4) is 21.6 Å². The minimum Gasteiger partial charge on any atom is -0.381 e. The first-order valence-corrected chi connectivity index (χ1v) is 10.4. The molecule has 1 N–H and O–H groups in total. The van der Waals surface area contributed by atoms with E-state index in [0.29, 0.717) is 11.7 Å². The third kappa shape index (κ3) is 4.15. The molecule has 28 heavy (non-hydrogen) atoms. The lowest BCUT2D eigenvalue weighted by Crippen LogP contribution is -2.38. The third-order valence-electron chi connectivity index (χ3n) is 5.29. The highest BCUT2D eigenvalue weighted by Crippen LogP contribution is 2.30. The van der Waals surface area contributed by atoms with E-state index < -0.39 is 0 Å². The fourth-order valence-corrected chi connectivity index (χ4v) is 4.32. The fourth-order valence-electron chi connectivity index (χ4n) is 3.71. The van der Waals surface area contributed by atoms with Crippen molar-refractivity contribution in [1.29, 1.82) is 0 Å². The molecule has 0 bridgehead atoms. The molecule has 7 heteroatoms. The Morgan fingerprint density at radius 3 is 2.57 bits per heavy atom. The van der Waals surface area contributed by atoms with E-state index >= 15 is 0 Å². The van der Waals surface area contributed by atoms with E-state index in [4.69, 9.17) is 4.74 Å². The van der Waals surface area contributed by atoms with Crippen molar-refractivity contribution in [2.45, 2.75) is 37.8 Å². The number of carbonyl (C=O) groups is 1. The number of hydrogen-bond donors (Lipinski definition) is 1. The van der Waals surface area contributed by atoms with Gasteiger partial charge in [-0.05, 0) is 55.0 Å². The summed E-state index contributed by atoms with van der Waals surface area (Å²) in [5.41, 5.74) is 5.44. The van der Waals surface area contributed by atoms with E-state index in [1.165, 1.54) is 0 Å². The number of amides is 1. The molecule has 1 saturated carbocycles. The number of methoxy groups -OCH3 is 1. The van der Waals surface area contributed by atoms with Gasteiger partial charge >= 0.3 is 0 Å². The van der Waals surface area contributed by atoms with Crippen LogP contribution in [0.4, 0.5) is 0 Å². The zero-order valence-electron chi connectivity index (χ0n) is 16.1. The van der Waals surface area contributed by atoms with Gasteiger partial charge in [0, 0.05) is 43.7 Å². The van der Waals surface area contributed by atoms with Gasteiger partial charge in [-0.2, -0.15) is 5.10 Å². The average molecular weight is 397 g/mol. The number of thiazole rings is 1. The van der Waals surface area contributed by atoms with Gasteiger partial charge in [-0.3, -0.25) is 14.5 Å². The van der Waals surface area contributed by atoms with E-state index in [1.807, 2.05) is 37.8 Å². The number of nitrogens with zero attached hydrogens (tertiary/aromatic N) is 3. The van der Waals surface area contributed by atoms with E-state index in [1.54, 1.807) is 28.6 Å². The number of aryl methyl sites for hydroxylation is 1. The molecule has 1 aliphatic rings. The highest BCUT2D eigenvalue weighted by Gasteiger charge is 2.23. The number of hydrogen-bond acceptors (Lipinski definition) is 5. The van der Waals surface area contributed by atoms with E-state index in [0.717, 1.165) is 47.3 Å². The summed E-state index contributed by atoms with van der Waals surface area (Å²) in [7, 11) is 3.65. The first kappa shape index (κ1) is 18.8. The summed E-state index contributed by atoms with van der Waals surface area (Å²) in [6, 6.07) is 6.18. The summed E-state index contributed by atoms with van der Waals surface area (Å²) in [5.74, 6) is -0.0302. The number of carbonyl (C=O) groups excluding carboxylic acids is 1. The SMILES string of the molecule is COC1CCC(NC(=O)c2cc(-c3cnn(C)c3)cc(-c3cncs3)c2)CC1. The molecular weight excluding hydrogens is 372 g/mol. The lowest BCUT2D eigenvalue weighted by atomic mass is 9.92. The van der Waals surface area contributed by atoms with E-state index in [9.17, 15) is 4.79 Å². The largest absolute Gasteiger partial charge is 0.381 e. The molecule has 6 nitrogen and oxygen atoms in total. The molecule has 1 aliphatic carbocycles. The van der Waals surface area contributed by atoms with E-state index in [-0.39, 0.29) is 11.9 Å². The maximum atomic E-state index is 13.0. The van der Waals surface area contributed by atoms with Gasteiger partial charge in [-0.1, -0.05) is 0 Å². The predicted octanol–water partition coefficient (Wildman–Crippen LogP) is 3.90. The number of nitrogens with one attached hydrogen (secondary N) is 1. The van der Waals surface area contributed by atoms with Crippen molar-refractivity contribution < 1.29 is 9.53 Å². The smallest absolute Gasteiger partial charge is 0.251 e. The Morgan fingerprint density at radius 2 is 1.93 bits per heavy atom. The maximum absolute atomic E-state index is 13.0. The molecule has 2 heterocycles. The summed E-state index contributed by atoms with van der Waals surface area (Å²) in [5, 5.41) is 7.47. The zero-order chi connectivity index (χ0) is 19.5. The van der Waals surface area contributed by atoms with Crippen LogP contribution in [0.2, 0.25) is 0 Å². The number of benzene rings is 1. The summed E-state index contributed by atoms with van der Waals surface area (Å²) >= 11 is 1.57. The summed E-state index contributed by atoms with van der Waals surface area (Å²) in [4.78, 5) is 18.2. The van der Waals surface area contributed by atoms with Gasteiger partial charge in [0.2, 0.25) is 0 Å². The summed E-state index contributed by atoms with van der Waals surface area (Å²) in [6.07, 6.45) is 9.81. The van der Waals surface area contributed by atoms with Gasteiger partial charge < -0.3 is 10.1 Å². The first-order valence-electron chi connectivity index (χ1n) is 9.49. The van der Waals surface area contributed by atoms with Crippen LogP contribution < -0.4 is 5.32 Å². The van der Waals surface area contributed by atoms with Crippen LogP contribution in [0.5, 0.6) is 0 Å². The second kappa shape index (κ2) is 8.24. The number of ether oxygens (including phenoxy) is 1. The average Bonchev–Trinajstić information content (AvgIpc) is 3.40. The monoisotopic (exact) mass is 396 g/mol. The molecule has 0 radical (unpaired) electrons. The molecule has 1 amide bonds. The molecule has 0 spiro atoms. The Kier molecular flexibility index (Phi) is 5.54. The third-order valence-corrected chi connectivity index (χ3v) is 6.12. The van der Waals surface area contributed by atoms with Crippen LogP contribution in [0.25, 0.3) is 21.6 Å². The second-order valence-electron chi connectivity index (χ2n) is 7.25. The van der Waals surface area contributed by atoms with Gasteiger partial charge in [0.25, 0.3) is 5.91 Å². The quantitative estimate of drug-likeness (QED) is 0.710. The number of aromatic nitrogens is 3. The van der Waals surface area contributed by atoms with E-state index in [2.05, 4.69) is 21.5 Å². The van der Waals surface area contributed by atoms with Crippen molar-refractivity contribution in [3.63, 3.8) is 0 Å². The molecule has 3 aromatic rings. The fraction of sp³-hybridized carbons (Fsp3) is 0.381. The lowest BCUT2D eigenvalue weighted by Gasteiger charge is -2.28. The van der Waals surface area contributed by atoms with Crippen LogP contribution in [0, 0.1) is 0 Å². The van der Waals surface area contributed by atoms with Gasteiger partial charge in [0.15, 0.2) is 0 Å². The standard InChI is InChI=1S/C21H24N4O2S/c1-25-12-17(10-23-25)14-7-15(20-11-22-13-28-20)9-16(8-14)21(26)24-18-3-5-19(27-2)6-4-18/h7-13,18-19H,3-6H2,1-2H3,(H,24,26). The van der Waals surface area contributed by atoms with Crippen molar-refractivity contribution in [3.05, 3.63) is 47.9 Å². The Bertz CT molecular complexity index is 943. The van der Waals surface area contributed by atoms with Gasteiger partial charge in [0.1, 0.15) is 0 Å². The van der Waals surface area contributed by atoms with Crippen molar-refractivity contribution in [2.75, 3.05) is 7.11 Å². The normalized spacial score (nSPS) is 19.5. The van der Waals surface area contributed by atoms with Gasteiger partial charge in [-0.15, -0.1) is 11.3 Å². The summed E-state index contributed by atoms with van der Waals surface area (Å²) < 4.78 is 7.19. The number of rotatable bonds is 5. The van der Waals surface area contributed by atoms with Crippen LogP contribution in [0.3, 0.4) is 0 Å².